The summed E-state index contributed by atoms with van der Waals surface area (Å²) >= 11 is 0. The van der Waals surface area contributed by atoms with Crippen molar-refractivity contribution in [3.05, 3.63) is 42.1 Å². The fourth-order valence-electron chi connectivity index (χ4n) is 0.860. The van der Waals surface area contributed by atoms with Gasteiger partial charge >= 0.3 is 12.1 Å². The number of carbonyl (C=O) groups is 1. The van der Waals surface area contributed by atoms with Crippen LogP contribution in [0.5, 0.6) is 0 Å². The van der Waals surface area contributed by atoms with E-state index in [4.69, 9.17) is 0 Å². The molecule has 0 saturated carbocycles. The van der Waals surface area contributed by atoms with E-state index in [1.165, 1.54) is 6.08 Å². The van der Waals surface area contributed by atoms with Gasteiger partial charge in [-0.1, -0.05) is 30.3 Å². The largest absolute Gasteiger partial charge is 0.471 e. The molecule has 0 fully saturated rings. The van der Waals surface area contributed by atoms with Gasteiger partial charge in [-0.25, -0.2) is 0 Å². The number of hydrogen-bond acceptors (Lipinski definition) is 1. The Morgan fingerprint density at radius 3 is 2.33 bits per heavy atom. The Hall–Kier alpha value is -1.78. The molecule has 0 aliphatic heterocycles. The highest BCUT2D eigenvalue weighted by Gasteiger charge is 2.37. The van der Waals surface area contributed by atoms with Gasteiger partial charge < -0.3 is 5.32 Å². The Labute approximate surface area is 84.4 Å². The summed E-state index contributed by atoms with van der Waals surface area (Å²) in [7, 11) is 0. The summed E-state index contributed by atoms with van der Waals surface area (Å²) in [4.78, 5) is 10.4. The molecule has 0 aliphatic carbocycles. The van der Waals surface area contributed by atoms with Crippen molar-refractivity contribution in [2.24, 2.45) is 0 Å². The van der Waals surface area contributed by atoms with Crippen molar-refractivity contribution in [2.45, 2.75) is 6.18 Å². The first kappa shape index (κ1) is 11.3. The SMILES string of the molecule is O=C(NC=Cc1ccccc1)C(F)(F)F. The highest BCUT2D eigenvalue weighted by molar-refractivity contribution is 5.83. The van der Waals surface area contributed by atoms with Crippen LogP contribution in [0, 0.1) is 0 Å². The summed E-state index contributed by atoms with van der Waals surface area (Å²) in [6.45, 7) is 0. The smallest absolute Gasteiger partial charge is 0.325 e. The second-order valence-corrected chi connectivity index (χ2v) is 2.72. The van der Waals surface area contributed by atoms with Crippen LogP contribution in [0.3, 0.4) is 0 Å². The third-order valence-electron chi connectivity index (χ3n) is 1.55. The normalized spacial score (nSPS) is 11.7. The van der Waals surface area contributed by atoms with Gasteiger partial charge in [0.25, 0.3) is 0 Å². The van der Waals surface area contributed by atoms with Crippen LogP contribution in [-0.4, -0.2) is 12.1 Å². The summed E-state index contributed by atoms with van der Waals surface area (Å²) < 4.78 is 35.2. The fraction of sp³-hybridized carbons (Fsp3) is 0.100. The van der Waals surface area contributed by atoms with Crippen LogP contribution < -0.4 is 5.32 Å². The molecular formula is C10H8F3NO. The number of nitrogens with one attached hydrogen (secondary N) is 1. The lowest BCUT2D eigenvalue weighted by atomic mass is 10.2. The molecule has 0 bridgehead atoms. The van der Waals surface area contributed by atoms with Crippen LogP contribution in [-0.2, 0) is 4.79 Å². The lowest BCUT2D eigenvalue weighted by molar-refractivity contribution is -0.172. The zero-order valence-electron chi connectivity index (χ0n) is 7.58. The molecule has 1 aromatic carbocycles. The maximum atomic E-state index is 11.7. The lowest BCUT2D eigenvalue weighted by Gasteiger charge is -2.02. The molecule has 0 aliphatic rings. The van der Waals surface area contributed by atoms with E-state index in [9.17, 15) is 18.0 Å². The third kappa shape index (κ3) is 3.84. The number of carbonyl (C=O) groups excluding carboxylic acids is 1. The van der Waals surface area contributed by atoms with Crippen LogP contribution in [0.1, 0.15) is 5.56 Å². The van der Waals surface area contributed by atoms with E-state index in [0.717, 1.165) is 6.20 Å². The minimum atomic E-state index is -4.85. The number of alkyl halides is 3. The third-order valence-corrected chi connectivity index (χ3v) is 1.55. The van der Waals surface area contributed by atoms with Crippen molar-refractivity contribution in [3.63, 3.8) is 0 Å². The van der Waals surface area contributed by atoms with Gasteiger partial charge in [0.15, 0.2) is 0 Å². The first-order valence-corrected chi connectivity index (χ1v) is 4.09. The molecular weight excluding hydrogens is 207 g/mol. The van der Waals surface area contributed by atoms with E-state index < -0.39 is 12.1 Å². The van der Waals surface area contributed by atoms with Gasteiger partial charge in [0.05, 0.1) is 0 Å². The Bertz CT molecular complexity index is 357. The van der Waals surface area contributed by atoms with E-state index >= 15 is 0 Å². The topological polar surface area (TPSA) is 29.1 Å². The molecule has 0 saturated heterocycles. The molecule has 0 unspecified atom stereocenters. The van der Waals surface area contributed by atoms with Crippen LogP contribution in [0.2, 0.25) is 0 Å². The summed E-state index contributed by atoms with van der Waals surface area (Å²) in [6.07, 6.45) is -2.50. The molecule has 1 aromatic rings. The Morgan fingerprint density at radius 2 is 1.80 bits per heavy atom. The number of benzene rings is 1. The lowest BCUT2D eigenvalue weighted by Crippen LogP contribution is -2.33. The Morgan fingerprint density at radius 1 is 1.20 bits per heavy atom. The van der Waals surface area contributed by atoms with Crippen molar-refractivity contribution in [1.82, 2.24) is 5.32 Å². The van der Waals surface area contributed by atoms with Crippen molar-refractivity contribution in [1.29, 1.82) is 0 Å². The monoisotopic (exact) mass is 215 g/mol. The fourth-order valence-corrected chi connectivity index (χ4v) is 0.860. The molecule has 0 atom stereocenters. The molecule has 15 heavy (non-hydrogen) atoms. The quantitative estimate of drug-likeness (QED) is 0.806. The maximum absolute atomic E-state index is 11.7. The van der Waals surface area contributed by atoms with Gasteiger partial charge in [-0.2, -0.15) is 13.2 Å². The summed E-state index contributed by atoms with van der Waals surface area (Å²) in [6, 6.07) is 8.68. The molecule has 2 nitrogen and oxygen atoms in total. The van der Waals surface area contributed by atoms with E-state index in [1.54, 1.807) is 35.6 Å². The van der Waals surface area contributed by atoms with Gasteiger partial charge in [-0.15, -0.1) is 0 Å². The zero-order valence-corrected chi connectivity index (χ0v) is 7.58. The average Bonchev–Trinajstić information content (AvgIpc) is 2.18. The predicted octanol–water partition coefficient (Wildman–Crippen LogP) is 2.34. The van der Waals surface area contributed by atoms with Crippen LogP contribution in [0.4, 0.5) is 13.2 Å². The molecule has 0 heterocycles. The first-order valence-electron chi connectivity index (χ1n) is 4.09. The summed E-state index contributed by atoms with van der Waals surface area (Å²) in [5.74, 6) is -1.98. The van der Waals surface area contributed by atoms with Gasteiger partial charge in [0, 0.05) is 6.20 Å². The highest BCUT2D eigenvalue weighted by Crippen LogP contribution is 2.14. The van der Waals surface area contributed by atoms with Crippen molar-refractivity contribution >= 4 is 12.0 Å². The second-order valence-electron chi connectivity index (χ2n) is 2.72. The first-order chi connectivity index (χ1) is 7.00. The average molecular weight is 215 g/mol. The van der Waals surface area contributed by atoms with E-state index in [-0.39, 0.29) is 0 Å². The van der Waals surface area contributed by atoms with E-state index in [1.807, 2.05) is 0 Å². The predicted molar refractivity (Wildman–Crippen MR) is 49.7 cm³/mol. The number of hydrogen-bond donors (Lipinski definition) is 1. The van der Waals surface area contributed by atoms with Gasteiger partial charge in [-0.05, 0) is 11.6 Å². The van der Waals surface area contributed by atoms with Crippen LogP contribution in [0.15, 0.2) is 36.5 Å². The zero-order chi connectivity index (χ0) is 11.3. The molecule has 1 rings (SSSR count). The number of halogens is 3. The van der Waals surface area contributed by atoms with E-state index in [0.29, 0.717) is 5.56 Å². The Kier molecular flexibility index (Phi) is 3.49. The number of amides is 1. The van der Waals surface area contributed by atoms with Crippen molar-refractivity contribution in [2.75, 3.05) is 0 Å². The maximum Gasteiger partial charge on any atom is 0.471 e. The summed E-state index contributed by atoms with van der Waals surface area (Å²) in [5, 5.41) is 1.63. The van der Waals surface area contributed by atoms with Crippen molar-refractivity contribution < 1.29 is 18.0 Å². The van der Waals surface area contributed by atoms with Crippen molar-refractivity contribution in [3.8, 4) is 0 Å². The van der Waals surface area contributed by atoms with Crippen LogP contribution >= 0.6 is 0 Å². The molecule has 0 aromatic heterocycles. The molecule has 80 valence electrons. The van der Waals surface area contributed by atoms with Gasteiger partial charge in [-0.3, -0.25) is 4.79 Å². The molecule has 5 heteroatoms. The van der Waals surface area contributed by atoms with E-state index in [2.05, 4.69) is 0 Å². The highest BCUT2D eigenvalue weighted by atomic mass is 19.4. The molecule has 1 N–H and O–H groups in total. The molecule has 0 radical (unpaired) electrons. The molecule has 1 amide bonds. The standard InChI is InChI=1S/C10H8F3NO/c11-10(12,13)9(15)14-7-6-8-4-2-1-3-5-8/h1-7H,(H,14,15). The van der Waals surface area contributed by atoms with Crippen LogP contribution in [0.25, 0.3) is 6.08 Å². The van der Waals surface area contributed by atoms with Gasteiger partial charge in [0.2, 0.25) is 0 Å². The minimum Gasteiger partial charge on any atom is -0.325 e. The molecule has 0 spiro atoms. The minimum absolute atomic E-state index is 0.708. The summed E-state index contributed by atoms with van der Waals surface area (Å²) in [5.41, 5.74) is 0.708. The number of rotatable bonds is 2. The van der Waals surface area contributed by atoms with Gasteiger partial charge in [0.1, 0.15) is 0 Å². The Balaban J connectivity index is 2.51. The second kappa shape index (κ2) is 4.63.